The highest BCUT2D eigenvalue weighted by molar-refractivity contribution is 5.94. The molecular formula is C23H31N5O8. The molecule has 0 radical (unpaired) electrons. The molecule has 0 unspecified atom stereocenters. The summed E-state index contributed by atoms with van der Waals surface area (Å²) in [6.07, 6.45) is 0.876. The van der Waals surface area contributed by atoms with E-state index in [1.54, 1.807) is 12.1 Å². The summed E-state index contributed by atoms with van der Waals surface area (Å²) in [5.41, 5.74) is 0.807. The molecule has 4 amide bonds. The Hall–Kier alpha value is -4.00. The van der Waals surface area contributed by atoms with Gasteiger partial charge in [-0.05, 0) is 31.9 Å². The minimum Gasteiger partial charge on any atom is -0.481 e. The molecule has 0 bridgehead atoms. The molecule has 0 spiro atoms. The van der Waals surface area contributed by atoms with E-state index in [1.165, 1.54) is 6.92 Å². The molecule has 1 aliphatic heterocycles. The van der Waals surface area contributed by atoms with Crippen LogP contribution in [0.5, 0.6) is 0 Å². The van der Waals surface area contributed by atoms with Crippen LogP contribution in [-0.4, -0.2) is 83.0 Å². The van der Waals surface area contributed by atoms with Gasteiger partial charge in [0.1, 0.15) is 18.1 Å². The van der Waals surface area contributed by atoms with Gasteiger partial charge in [-0.3, -0.25) is 24.0 Å². The molecule has 7 N–H and O–H groups in total. The first-order chi connectivity index (χ1) is 17.1. The van der Waals surface area contributed by atoms with Crippen molar-refractivity contribution in [3.05, 3.63) is 35.9 Å². The van der Waals surface area contributed by atoms with Crippen molar-refractivity contribution in [1.82, 2.24) is 26.6 Å². The third-order valence-corrected chi connectivity index (χ3v) is 5.48. The van der Waals surface area contributed by atoms with Gasteiger partial charge in [0, 0.05) is 6.42 Å². The number of carbonyl (C=O) groups is 6. The first-order valence-corrected chi connectivity index (χ1v) is 11.5. The number of aliphatic carboxylic acids is 2. The lowest BCUT2D eigenvalue weighted by Crippen LogP contribution is -2.55. The van der Waals surface area contributed by atoms with Crippen LogP contribution in [0.15, 0.2) is 30.3 Å². The standard InChI is InChI=1S/C23H31N5O8/c1-13(20(32)28-17(23(35)36)11-19(30)31)26-18(29)12-25-21(33)16(10-14-6-3-2-4-7-14)27-22(34)15-8-5-9-24-15/h2-4,6-7,13,15-17,24H,5,8-12H2,1H3,(H,25,33)(H,26,29)(H,27,34)(H,28,32)(H,30,31)(H,35,36)/t13-,15-,16-,17-/m0/s1. The maximum atomic E-state index is 12.8. The van der Waals surface area contributed by atoms with Crippen LogP contribution < -0.4 is 26.6 Å². The van der Waals surface area contributed by atoms with Gasteiger partial charge in [0.25, 0.3) is 0 Å². The van der Waals surface area contributed by atoms with Gasteiger partial charge in [-0.1, -0.05) is 30.3 Å². The normalized spacial score (nSPS) is 17.2. The molecule has 13 heteroatoms. The van der Waals surface area contributed by atoms with Crippen molar-refractivity contribution in [2.24, 2.45) is 0 Å². The number of carbonyl (C=O) groups excluding carboxylic acids is 4. The summed E-state index contributed by atoms with van der Waals surface area (Å²) in [5, 5.41) is 30.3. The average Bonchev–Trinajstić information content (AvgIpc) is 3.37. The molecule has 196 valence electrons. The molecule has 1 fully saturated rings. The smallest absolute Gasteiger partial charge is 0.326 e. The van der Waals surface area contributed by atoms with Gasteiger partial charge in [-0.2, -0.15) is 0 Å². The minimum absolute atomic E-state index is 0.200. The van der Waals surface area contributed by atoms with Crippen molar-refractivity contribution in [2.45, 2.75) is 56.8 Å². The molecule has 1 saturated heterocycles. The molecule has 36 heavy (non-hydrogen) atoms. The monoisotopic (exact) mass is 505 g/mol. The van der Waals surface area contributed by atoms with Crippen LogP contribution >= 0.6 is 0 Å². The van der Waals surface area contributed by atoms with E-state index in [2.05, 4.69) is 21.3 Å². The number of hydrogen-bond acceptors (Lipinski definition) is 7. The van der Waals surface area contributed by atoms with Crippen molar-refractivity contribution in [2.75, 3.05) is 13.1 Å². The average molecular weight is 506 g/mol. The molecule has 1 aliphatic rings. The Bertz CT molecular complexity index is 965. The molecule has 4 atom stereocenters. The van der Waals surface area contributed by atoms with Gasteiger partial charge >= 0.3 is 11.9 Å². The van der Waals surface area contributed by atoms with E-state index < -0.39 is 66.8 Å². The fraction of sp³-hybridized carbons (Fsp3) is 0.478. The van der Waals surface area contributed by atoms with Crippen molar-refractivity contribution >= 4 is 35.6 Å². The van der Waals surface area contributed by atoms with E-state index in [1.807, 2.05) is 23.5 Å². The number of hydrogen-bond donors (Lipinski definition) is 7. The summed E-state index contributed by atoms with van der Waals surface area (Å²) in [4.78, 5) is 71.6. The number of amides is 4. The highest BCUT2D eigenvalue weighted by atomic mass is 16.4. The number of rotatable bonds is 13. The quantitative estimate of drug-likeness (QED) is 0.160. The maximum absolute atomic E-state index is 12.8. The molecule has 1 heterocycles. The Morgan fingerprint density at radius 1 is 0.972 bits per heavy atom. The first-order valence-electron chi connectivity index (χ1n) is 11.5. The molecule has 0 saturated carbocycles. The van der Waals surface area contributed by atoms with Crippen LogP contribution in [0, 0.1) is 0 Å². The van der Waals surface area contributed by atoms with E-state index in [4.69, 9.17) is 10.2 Å². The molecule has 0 aromatic heterocycles. The Morgan fingerprint density at radius 2 is 1.67 bits per heavy atom. The van der Waals surface area contributed by atoms with E-state index in [0.29, 0.717) is 13.0 Å². The second kappa shape index (κ2) is 13.8. The molecule has 0 aliphatic carbocycles. The third-order valence-electron chi connectivity index (χ3n) is 5.48. The summed E-state index contributed by atoms with van der Waals surface area (Å²) in [6, 6.07) is 4.85. The van der Waals surface area contributed by atoms with Crippen LogP contribution in [0.2, 0.25) is 0 Å². The maximum Gasteiger partial charge on any atom is 0.326 e. The summed E-state index contributed by atoms with van der Waals surface area (Å²) >= 11 is 0. The summed E-state index contributed by atoms with van der Waals surface area (Å²) in [6.45, 7) is 1.49. The lowest BCUT2D eigenvalue weighted by Gasteiger charge is -2.21. The van der Waals surface area contributed by atoms with E-state index >= 15 is 0 Å². The largest absolute Gasteiger partial charge is 0.481 e. The number of nitrogens with one attached hydrogen (secondary N) is 5. The predicted molar refractivity (Wildman–Crippen MR) is 126 cm³/mol. The molecule has 13 nitrogen and oxygen atoms in total. The van der Waals surface area contributed by atoms with Crippen molar-refractivity contribution < 1.29 is 39.0 Å². The highest BCUT2D eigenvalue weighted by Gasteiger charge is 2.29. The van der Waals surface area contributed by atoms with Gasteiger partial charge in [0.15, 0.2) is 0 Å². The zero-order chi connectivity index (χ0) is 26.7. The summed E-state index contributed by atoms with van der Waals surface area (Å²) in [5.74, 6) is -5.49. The number of carboxylic acid groups (broad SMARTS) is 2. The Kier molecular flexibility index (Phi) is 10.8. The minimum atomic E-state index is -1.66. The van der Waals surface area contributed by atoms with E-state index in [0.717, 1.165) is 12.0 Å². The molecular weight excluding hydrogens is 474 g/mol. The first kappa shape index (κ1) is 28.2. The van der Waals surface area contributed by atoms with Gasteiger partial charge in [0.05, 0.1) is 19.0 Å². The summed E-state index contributed by atoms with van der Waals surface area (Å²) < 4.78 is 0. The topological polar surface area (TPSA) is 203 Å². The number of benzene rings is 1. The number of carboxylic acids is 2. The van der Waals surface area contributed by atoms with Gasteiger partial charge in [0.2, 0.25) is 23.6 Å². The fourth-order valence-electron chi connectivity index (χ4n) is 3.56. The Labute approximate surface area is 207 Å². The second-order valence-corrected chi connectivity index (χ2v) is 8.40. The van der Waals surface area contributed by atoms with Crippen molar-refractivity contribution in [1.29, 1.82) is 0 Å². The summed E-state index contributed by atoms with van der Waals surface area (Å²) in [7, 11) is 0. The lowest BCUT2D eigenvalue weighted by atomic mass is 10.0. The van der Waals surface area contributed by atoms with E-state index in [9.17, 15) is 28.8 Å². The fourth-order valence-corrected chi connectivity index (χ4v) is 3.56. The zero-order valence-corrected chi connectivity index (χ0v) is 19.8. The second-order valence-electron chi connectivity index (χ2n) is 8.40. The van der Waals surface area contributed by atoms with Crippen LogP contribution in [0.25, 0.3) is 0 Å². The Morgan fingerprint density at radius 3 is 2.25 bits per heavy atom. The lowest BCUT2D eigenvalue weighted by molar-refractivity contribution is -0.147. The molecule has 2 rings (SSSR count). The van der Waals surface area contributed by atoms with Gasteiger partial charge in [-0.25, -0.2) is 4.79 Å². The van der Waals surface area contributed by atoms with Gasteiger partial charge in [-0.15, -0.1) is 0 Å². The van der Waals surface area contributed by atoms with Crippen LogP contribution in [0.3, 0.4) is 0 Å². The third kappa shape index (κ3) is 9.33. The Balaban J connectivity index is 1.91. The van der Waals surface area contributed by atoms with Crippen LogP contribution in [0.4, 0.5) is 0 Å². The van der Waals surface area contributed by atoms with E-state index in [-0.39, 0.29) is 12.3 Å². The van der Waals surface area contributed by atoms with Crippen LogP contribution in [-0.2, 0) is 35.2 Å². The predicted octanol–water partition coefficient (Wildman–Crippen LogP) is -1.87. The van der Waals surface area contributed by atoms with Crippen LogP contribution in [0.1, 0.15) is 31.7 Å². The SMILES string of the molecule is C[C@H](NC(=O)CNC(=O)[C@H](Cc1ccccc1)NC(=O)[C@@H]1CCCN1)C(=O)N[C@@H](CC(=O)O)C(=O)O. The van der Waals surface area contributed by atoms with Gasteiger partial charge < -0.3 is 36.8 Å². The highest BCUT2D eigenvalue weighted by Crippen LogP contribution is 2.08. The molecule has 1 aromatic carbocycles. The van der Waals surface area contributed by atoms with Crippen molar-refractivity contribution in [3.8, 4) is 0 Å². The molecule has 1 aromatic rings. The van der Waals surface area contributed by atoms with Crippen molar-refractivity contribution in [3.63, 3.8) is 0 Å². The zero-order valence-electron chi connectivity index (χ0n) is 19.8.